The van der Waals surface area contributed by atoms with E-state index in [1.165, 1.54) is 257 Å². The Morgan fingerprint density at radius 1 is 0.430 bits per heavy atom. The largest absolute Gasteiger partial charge is 0.394 e. The van der Waals surface area contributed by atoms with Gasteiger partial charge in [0.1, 0.15) is 36.6 Å². The monoisotopic (exact) mass is 1120 g/mol. The van der Waals surface area contributed by atoms with Crippen molar-refractivity contribution in [3.05, 3.63) is 24.3 Å². The van der Waals surface area contributed by atoms with Gasteiger partial charge in [0.05, 0.1) is 25.4 Å². The first-order valence-corrected chi connectivity index (χ1v) is 34.2. The molecule has 0 aliphatic carbocycles. The first-order valence-electron chi connectivity index (χ1n) is 34.2. The molecule has 0 aromatic carbocycles. The third kappa shape index (κ3) is 44.7. The highest BCUT2D eigenvalue weighted by molar-refractivity contribution is 5.80. The number of hydrogen-bond acceptors (Lipinski definition) is 10. The molecule has 468 valence electrons. The van der Waals surface area contributed by atoms with Crippen LogP contribution in [0, 0.1) is 0 Å². The quantitative estimate of drug-likeness (QED) is 0.0215. The van der Waals surface area contributed by atoms with Crippen molar-refractivity contribution in [1.82, 2.24) is 5.32 Å². The summed E-state index contributed by atoms with van der Waals surface area (Å²) in [5, 5.41) is 76.4. The second-order valence-corrected chi connectivity index (χ2v) is 24.2. The van der Waals surface area contributed by atoms with Gasteiger partial charge in [-0.2, -0.15) is 0 Å². The molecule has 1 amide bonds. The SMILES string of the molecule is CCCCCCCCCCCCCC/C=C\CCCCCCCCCCCCCCCCCC(O)C(=O)NC(COC1OC(CO)C(O)C(O)C1O)C(O)C(O)CCC/C=C/CCCCCCCCCCCCCCCCCC. The first kappa shape index (κ1) is 75.6. The molecule has 9 unspecified atom stereocenters. The highest BCUT2D eigenvalue weighted by Gasteiger charge is 2.44. The summed E-state index contributed by atoms with van der Waals surface area (Å²) in [6.07, 6.45) is 59.8. The molecule has 8 N–H and O–H groups in total. The maximum Gasteiger partial charge on any atom is 0.249 e. The zero-order valence-electron chi connectivity index (χ0n) is 51.6. The molecule has 1 rings (SSSR count). The summed E-state index contributed by atoms with van der Waals surface area (Å²) in [7, 11) is 0. The van der Waals surface area contributed by atoms with Crippen molar-refractivity contribution >= 4 is 5.91 Å². The number of ether oxygens (including phenoxy) is 2. The zero-order chi connectivity index (χ0) is 57.5. The van der Waals surface area contributed by atoms with Crippen LogP contribution in [0.4, 0.5) is 0 Å². The third-order valence-corrected chi connectivity index (χ3v) is 16.7. The van der Waals surface area contributed by atoms with Crippen LogP contribution in [0.5, 0.6) is 0 Å². The van der Waals surface area contributed by atoms with Gasteiger partial charge in [0, 0.05) is 0 Å². The van der Waals surface area contributed by atoms with Gasteiger partial charge in [0.15, 0.2) is 6.29 Å². The van der Waals surface area contributed by atoms with Crippen molar-refractivity contribution in [3.8, 4) is 0 Å². The Hall–Kier alpha value is -1.41. The zero-order valence-corrected chi connectivity index (χ0v) is 51.6. The number of hydrogen-bond donors (Lipinski definition) is 8. The molecule has 0 bridgehead atoms. The summed E-state index contributed by atoms with van der Waals surface area (Å²) in [6, 6.07) is -1.18. The highest BCUT2D eigenvalue weighted by atomic mass is 16.7. The van der Waals surface area contributed by atoms with Crippen molar-refractivity contribution in [2.75, 3.05) is 13.2 Å². The molecule has 0 saturated carbocycles. The van der Waals surface area contributed by atoms with E-state index in [0.717, 1.165) is 38.5 Å². The number of allylic oxidation sites excluding steroid dienone is 4. The molecule has 1 heterocycles. The van der Waals surface area contributed by atoms with Crippen molar-refractivity contribution < 1.29 is 50.0 Å². The van der Waals surface area contributed by atoms with E-state index >= 15 is 0 Å². The molecule has 11 nitrogen and oxygen atoms in total. The molecule has 0 radical (unpaired) electrons. The van der Waals surface area contributed by atoms with Crippen LogP contribution in [-0.2, 0) is 14.3 Å². The van der Waals surface area contributed by atoms with E-state index in [-0.39, 0.29) is 12.8 Å². The Bertz CT molecular complexity index is 1330. The standard InChI is InChI=1S/C68H131NO10/c1-3-5-7-9-11-13-15-17-19-21-23-25-26-27-28-29-30-31-32-33-34-36-38-40-42-44-46-48-50-52-54-56-61(72)67(77)69-59(58-78-68-66(76)65(75)64(74)62(57-70)79-68)63(73)60(71)55-53-51-49-47-45-43-41-39-37-35-24-22-20-18-16-14-12-10-8-6-4-2/h27-28,47,49,59-66,68,70-76H,3-26,29-46,48,50-58H2,1-2H3,(H,69,77)/b28-27-,49-47+. The molecule has 0 spiro atoms. The van der Waals surface area contributed by atoms with E-state index in [2.05, 4.69) is 43.5 Å². The van der Waals surface area contributed by atoms with Crippen molar-refractivity contribution in [2.45, 2.75) is 390 Å². The average molecular weight is 1120 g/mol. The van der Waals surface area contributed by atoms with Crippen LogP contribution in [0.2, 0.25) is 0 Å². The number of nitrogens with one attached hydrogen (secondary N) is 1. The Labute approximate surface area is 486 Å². The van der Waals surface area contributed by atoms with Gasteiger partial charge in [0.2, 0.25) is 5.91 Å². The van der Waals surface area contributed by atoms with Gasteiger partial charge in [-0.1, -0.05) is 295 Å². The van der Waals surface area contributed by atoms with Gasteiger partial charge in [-0.25, -0.2) is 0 Å². The fourth-order valence-electron chi connectivity index (χ4n) is 11.2. The van der Waals surface area contributed by atoms with E-state index in [1.54, 1.807) is 0 Å². The molecule has 9 atom stereocenters. The van der Waals surface area contributed by atoms with Crippen LogP contribution < -0.4 is 5.32 Å². The lowest BCUT2D eigenvalue weighted by Crippen LogP contribution is -2.60. The van der Waals surface area contributed by atoms with Gasteiger partial charge in [-0.3, -0.25) is 4.79 Å². The van der Waals surface area contributed by atoms with E-state index < -0.39 is 74.2 Å². The predicted molar refractivity (Wildman–Crippen MR) is 330 cm³/mol. The molecule has 1 aliphatic heterocycles. The number of carbonyl (C=O) groups excluding carboxylic acids is 1. The molecule has 0 aromatic heterocycles. The number of aliphatic hydroxyl groups is 7. The third-order valence-electron chi connectivity index (χ3n) is 16.7. The van der Waals surface area contributed by atoms with Gasteiger partial charge in [-0.05, 0) is 64.2 Å². The maximum absolute atomic E-state index is 13.2. The second kappa shape index (κ2) is 57.0. The lowest BCUT2D eigenvalue weighted by molar-refractivity contribution is -0.303. The van der Waals surface area contributed by atoms with Crippen molar-refractivity contribution in [2.24, 2.45) is 0 Å². The molecule has 1 fully saturated rings. The Morgan fingerprint density at radius 2 is 0.747 bits per heavy atom. The number of carbonyl (C=O) groups is 1. The summed E-state index contributed by atoms with van der Waals surface area (Å²) >= 11 is 0. The van der Waals surface area contributed by atoms with Gasteiger partial charge >= 0.3 is 0 Å². The van der Waals surface area contributed by atoms with Crippen molar-refractivity contribution in [1.29, 1.82) is 0 Å². The summed E-state index contributed by atoms with van der Waals surface area (Å²) in [5.74, 6) is -0.700. The molecule has 79 heavy (non-hydrogen) atoms. The molecule has 0 aromatic rings. The number of rotatable bonds is 60. The van der Waals surface area contributed by atoms with Crippen LogP contribution in [0.15, 0.2) is 24.3 Å². The summed E-state index contributed by atoms with van der Waals surface area (Å²) in [6.45, 7) is 3.49. The molecule has 1 saturated heterocycles. The predicted octanol–water partition coefficient (Wildman–Crippen LogP) is 16.0. The highest BCUT2D eigenvalue weighted by Crippen LogP contribution is 2.24. The lowest BCUT2D eigenvalue weighted by Gasteiger charge is -2.40. The number of aliphatic hydroxyl groups excluding tert-OH is 7. The van der Waals surface area contributed by atoms with Crippen LogP contribution in [0.1, 0.15) is 335 Å². The van der Waals surface area contributed by atoms with Gasteiger partial charge in [-0.15, -0.1) is 0 Å². The molecular weight excluding hydrogens is 991 g/mol. The minimum Gasteiger partial charge on any atom is -0.394 e. The average Bonchev–Trinajstić information content (AvgIpc) is 3.46. The van der Waals surface area contributed by atoms with E-state index in [4.69, 9.17) is 9.47 Å². The summed E-state index contributed by atoms with van der Waals surface area (Å²) < 4.78 is 11.2. The topological polar surface area (TPSA) is 189 Å². The van der Waals surface area contributed by atoms with E-state index in [9.17, 15) is 40.5 Å². The summed E-state index contributed by atoms with van der Waals surface area (Å²) in [4.78, 5) is 13.2. The van der Waals surface area contributed by atoms with Crippen LogP contribution >= 0.6 is 0 Å². The maximum atomic E-state index is 13.2. The Morgan fingerprint density at radius 3 is 1.09 bits per heavy atom. The number of unbranched alkanes of at least 4 members (excludes halogenated alkanes) is 44. The smallest absolute Gasteiger partial charge is 0.249 e. The van der Waals surface area contributed by atoms with E-state index in [1.807, 2.05) is 0 Å². The Balaban J connectivity index is 2.21. The summed E-state index contributed by atoms with van der Waals surface area (Å²) in [5.41, 5.74) is 0. The Kier molecular flexibility index (Phi) is 54.6. The molecular formula is C68H131NO10. The second-order valence-electron chi connectivity index (χ2n) is 24.2. The van der Waals surface area contributed by atoms with Crippen molar-refractivity contribution in [3.63, 3.8) is 0 Å². The van der Waals surface area contributed by atoms with E-state index in [0.29, 0.717) is 12.8 Å². The van der Waals surface area contributed by atoms with Crippen LogP contribution in [0.3, 0.4) is 0 Å². The fraction of sp³-hybridized carbons (Fsp3) is 0.926. The van der Waals surface area contributed by atoms with Gasteiger partial charge < -0.3 is 50.5 Å². The molecule has 11 heteroatoms. The van der Waals surface area contributed by atoms with Crippen LogP contribution in [0.25, 0.3) is 0 Å². The normalized spacial score (nSPS) is 19.4. The first-order chi connectivity index (χ1) is 38.7. The number of amides is 1. The molecule has 1 aliphatic rings. The lowest BCUT2D eigenvalue weighted by atomic mass is 9.98. The fourth-order valence-corrected chi connectivity index (χ4v) is 11.2. The van der Waals surface area contributed by atoms with Crippen LogP contribution in [-0.4, -0.2) is 110 Å². The minimum atomic E-state index is -1.67. The minimum absolute atomic E-state index is 0.257. The van der Waals surface area contributed by atoms with Gasteiger partial charge in [0.25, 0.3) is 0 Å².